The molecule has 1 aliphatic heterocycles. The minimum atomic E-state index is 0.0419. The third-order valence-corrected chi connectivity index (χ3v) is 3.21. The maximum absolute atomic E-state index is 10.0. The Morgan fingerprint density at radius 1 is 1.27 bits per heavy atom. The molecule has 3 aromatic rings. The highest BCUT2D eigenvalue weighted by atomic mass is 16.4. The molecule has 0 aliphatic carbocycles. The van der Waals surface area contributed by atoms with Gasteiger partial charge in [0.1, 0.15) is 5.82 Å². The lowest BCUT2D eigenvalue weighted by atomic mass is 10.1. The molecule has 0 radical (unpaired) electrons. The second-order valence-corrected chi connectivity index (χ2v) is 4.69. The molecule has 7 heteroatoms. The van der Waals surface area contributed by atoms with Crippen LogP contribution in [0, 0.1) is 0 Å². The number of allylic oxidation sites excluding steroid dienone is 1. The molecule has 108 valence electrons. The van der Waals surface area contributed by atoms with E-state index in [0.717, 1.165) is 11.1 Å². The van der Waals surface area contributed by atoms with Crippen LogP contribution in [-0.4, -0.2) is 26.5 Å². The van der Waals surface area contributed by atoms with Crippen molar-refractivity contribution in [1.29, 1.82) is 0 Å². The Hall–Kier alpha value is -3.35. The van der Waals surface area contributed by atoms with Crippen LogP contribution in [0.25, 0.3) is 11.6 Å². The van der Waals surface area contributed by atoms with Crippen molar-refractivity contribution in [3.05, 3.63) is 48.0 Å². The third-order valence-electron chi connectivity index (χ3n) is 3.21. The van der Waals surface area contributed by atoms with Crippen LogP contribution in [0.1, 0.15) is 11.3 Å². The van der Waals surface area contributed by atoms with Gasteiger partial charge < -0.3 is 14.8 Å². The molecule has 0 saturated heterocycles. The number of aromatic amines is 1. The molecule has 0 bridgehead atoms. The van der Waals surface area contributed by atoms with Gasteiger partial charge in [-0.2, -0.15) is 5.10 Å². The van der Waals surface area contributed by atoms with E-state index < -0.39 is 0 Å². The van der Waals surface area contributed by atoms with Gasteiger partial charge in [0.15, 0.2) is 17.3 Å². The van der Waals surface area contributed by atoms with Crippen LogP contribution in [0.4, 0.5) is 17.5 Å². The molecule has 4 rings (SSSR count). The van der Waals surface area contributed by atoms with E-state index in [1.807, 2.05) is 12.1 Å². The van der Waals surface area contributed by atoms with E-state index >= 15 is 0 Å². The third kappa shape index (κ3) is 2.14. The fourth-order valence-corrected chi connectivity index (χ4v) is 2.20. The molecule has 0 unspecified atom stereocenters. The Labute approximate surface area is 125 Å². The van der Waals surface area contributed by atoms with Crippen molar-refractivity contribution < 1.29 is 9.52 Å². The molecule has 3 aromatic heterocycles. The van der Waals surface area contributed by atoms with Crippen molar-refractivity contribution in [2.45, 2.75) is 0 Å². The van der Waals surface area contributed by atoms with Gasteiger partial charge in [0.05, 0.1) is 6.20 Å². The minimum Gasteiger partial charge on any atom is -0.504 e. The van der Waals surface area contributed by atoms with Gasteiger partial charge in [-0.3, -0.25) is 5.10 Å². The highest BCUT2D eigenvalue weighted by Crippen LogP contribution is 2.34. The van der Waals surface area contributed by atoms with Crippen molar-refractivity contribution >= 4 is 35.4 Å². The lowest BCUT2D eigenvalue weighted by molar-refractivity contribution is 0.455. The summed E-state index contributed by atoms with van der Waals surface area (Å²) in [4.78, 5) is 8.39. The number of rotatable bonds is 3. The lowest BCUT2D eigenvalue weighted by Gasteiger charge is -1.98. The molecule has 0 saturated carbocycles. The zero-order valence-electron chi connectivity index (χ0n) is 11.3. The molecular formula is C15H11N5O2. The molecule has 1 aliphatic rings. The SMILES string of the molecule is Oc1cc(Nc2ccn[nH]2)oc1C=C1C=Nc2ncccc21. The van der Waals surface area contributed by atoms with E-state index in [0.29, 0.717) is 23.3 Å². The van der Waals surface area contributed by atoms with Crippen molar-refractivity contribution in [3.63, 3.8) is 0 Å². The normalized spacial score (nSPS) is 14.5. The summed E-state index contributed by atoms with van der Waals surface area (Å²) in [6.45, 7) is 0. The maximum Gasteiger partial charge on any atom is 0.203 e. The largest absolute Gasteiger partial charge is 0.504 e. The Bertz CT molecular complexity index is 877. The number of aliphatic imine (C=N–C) groups is 1. The lowest BCUT2D eigenvalue weighted by Crippen LogP contribution is -1.87. The van der Waals surface area contributed by atoms with Crippen molar-refractivity contribution in [2.75, 3.05) is 5.32 Å². The predicted octanol–water partition coefficient (Wildman–Crippen LogP) is 3.10. The van der Waals surface area contributed by atoms with Crippen LogP contribution < -0.4 is 5.32 Å². The Balaban J connectivity index is 1.66. The highest BCUT2D eigenvalue weighted by molar-refractivity contribution is 6.20. The van der Waals surface area contributed by atoms with E-state index in [2.05, 4.69) is 25.5 Å². The molecule has 7 nitrogen and oxygen atoms in total. The van der Waals surface area contributed by atoms with Crippen molar-refractivity contribution in [3.8, 4) is 5.75 Å². The summed E-state index contributed by atoms with van der Waals surface area (Å²) in [5, 5.41) is 19.6. The second kappa shape index (κ2) is 4.88. The summed E-state index contributed by atoms with van der Waals surface area (Å²) in [6, 6.07) is 7.02. The first kappa shape index (κ1) is 12.4. The van der Waals surface area contributed by atoms with E-state index in [1.54, 1.807) is 30.8 Å². The standard InChI is InChI=1S/C15H11N5O2/c21-11-7-14(19-13-3-5-18-20-13)22-12(11)6-9-8-17-15-10(9)2-1-4-16-15/h1-8,21H,(H2,18,19,20). The van der Waals surface area contributed by atoms with E-state index in [1.165, 1.54) is 6.07 Å². The monoisotopic (exact) mass is 293 g/mol. The summed E-state index contributed by atoms with van der Waals surface area (Å²) in [5.74, 6) is 2.14. The summed E-state index contributed by atoms with van der Waals surface area (Å²) in [6.07, 6.45) is 6.73. The fourth-order valence-electron chi connectivity index (χ4n) is 2.20. The zero-order valence-corrected chi connectivity index (χ0v) is 11.3. The van der Waals surface area contributed by atoms with Gasteiger partial charge in [0.2, 0.25) is 5.88 Å². The number of nitrogens with zero attached hydrogens (tertiary/aromatic N) is 3. The number of aromatic nitrogens is 3. The molecular weight excluding hydrogens is 282 g/mol. The molecule has 0 spiro atoms. The number of furan rings is 1. The second-order valence-electron chi connectivity index (χ2n) is 4.69. The van der Waals surface area contributed by atoms with Crippen LogP contribution in [0.5, 0.6) is 5.75 Å². The number of pyridine rings is 1. The number of anilines is 2. The topological polar surface area (TPSA) is 99.3 Å². The molecule has 0 atom stereocenters. The van der Waals surface area contributed by atoms with E-state index in [-0.39, 0.29) is 5.75 Å². The molecule has 3 N–H and O–H groups in total. The molecule has 4 heterocycles. The van der Waals surface area contributed by atoms with Crippen molar-refractivity contribution in [2.24, 2.45) is 4.99 Å². The molecule has 0 amide bonds. The maximum atomic E-state index is 10.0. The van der Waals surface area contributed by atoms with E-state index in [9.17, 15) is 5.11 Å². The van der Waals surface area contributed by atoms with Crippen LogP contribution in [0.3, 0.4) is 0 Å². The van der Waals surface area contributed by atoms with Crippen LogP contribution in [0.2, 0.25) is 0 Å². The van der Waals surface area contributed by atoms with Gasteiger partial charge in [-0.15, -0.1) is 0 Å². The molecule has 0 fully saturated rings. The first-order valence-electron chi connectivity index (χ1n) is 6.60. The van der Waals surface area contributed by atoms with Gasteiger partial charge in [0, 0.05) is 35.7 Å². The fraction of sp³-hybridized carbons (Fsp3) is 0. The minimum absolute atomic E-state index is 0.0419. The smallest absolute Gasteiger partial charge is 0.203 e. The van der Waals surface area contributed by atoms with Crippen molar-refractivity contribution in [1.82, 2.24) is 15.2 Å². The van der Waals surface area contributed by atoms with Gasteiger partial charge in [0.25, 0.3) is 0 Å². The number of hydrogen-bond acceptors (Lipinski definition) is 6. The number of aromatic hydroxyl groups is 1. The van der Waals surface area contributed by atoms with Crippen LogP contribution >= 0.6 is 0 Å². The Kier molecular flexibility index (Phi) is 2.75. The number of nitrogens with one attached hydrogen (secondary N) is 2. The number of hydrogen-bond donors (Lipinski definition) is 3. The zero-order chi connectivity index (χ0) is 14.9. The van der Waals surface area contributed by atoms with Gasteiger partial charge in [-0.05, 0) is 18.2 Å². The van der Waals surface area contributed by atoms with Gasteiger partial charge in [-0.1, -0.05) is 0 Å². The Morgan fingerprint density at radius 3 is 3.09 bits per heavy atom. The summed E-state index contributed by atoms with van der Waals surface area (Å²) in [5.41, 5.74) is 1.74. The van der Waals surface area contributed by atoms with Gasteiger partial charge >= 0.3 is 0 Å². The number of H-pyrrole nitrogens is 1. The number of fused-ring (bicyclic) bond motifs is 1. The summed E-state index contributed by atoms with van der Waals surface area (Å²) in [7, 11) is 0. The van der Waals surface area contributed by atoms with Gasteiger partial charge in [-0.25, -0.2) is 9.98 Å². The highest BCUT2D eigenvalue weighted by Gasteiger charge is 2.15. The summed E-state index contributed by atoms with van der Waals surface area (Å²) >= 11 is 0. The van der Waals surface area contributed by atoms with Crippen LogP contribution in [-0.2, 0) is 0 Å². The first-order chi connectivity index (χ1) is 10.8. The quantitative estimate of drug-likeness (QED) is 0.689. The van der Waals surface area contributed by atoms with Crippen LogP contribution in [0.15, 0.2) is 46.1 Å². The predicted molar refractivity (Wildman–Crippen MR) is 82.5 cm³/mol. The summed E-state index contributed by atoms with van der Waals surface area (Å²) < 4.78 is 5.60. The average Bonchev–Trinajstić information content (AvgIpc) is 3.23. The molecule has 22 heavy (non-hydrogen) atoms. The van der Waals surface area contributed by atoms with E-state index in [4.69, 9.17) is 4.42 Å². The first-order valence-corrected chi connectivity index (χ1v) is 6.60. The molecule has 0 aromatic carbocycles. The average molecular weight is 293 g/mol. The Morgan fingerprint density at radius 2 is 2.23 bits per heavy atom.